The summed E-state index contributed by atoms with van der Waals surface area (Å²) in [7, 11) is 0. The van der Waals surface area contributed by atoms with Crippen molar-refractivity contribution < 1.29 is 4.74 Å². The zero-order chi connectivity index (χ0) is 10.6. The molecular weight excluding hydrogens is 174 g/mol. The molecule has 1 saturated heterocycles. The fourth-order valence-electron chi connectivity index (χ4n) is 1.90. The molecule has 14 heavy (non-hydrogen) atoms. The fourth-order valence-corrected chi connectivity index (χ4v) is 1.90. The smallest absolute Gasteiger partial charge is 0.0590 e. The van der Waals surface area contributed by atoms with E-state index in [0.717, 1.165) is 19.4 Å². The van der Waals surface area contributed by atoms with E-state index in [0.29, 0.717) is 17.6 Å². The number of hydrogen-bond acceptors (Lipinski definition) is 2. The molecule has 1 fully saturated rings. The van der Waals surface area contributed by atoms with Crippen LogP contribution in [0.25, 0.3) is 0 Å². The van der Waals surface area contributed by atoms with Crippen LogP contribution in [0.5, 0.6) is 0 Å². The van der Waals surface area contributed by atoms with Crippen molar-refractivity contribution in [2.75, 3.05) is 6.61 Å². The Morgan fingerprint density at radius 3 is 2.64 bits per heavy atom. The molecule has 0 spiro atoms. The first-order chi connectivity index (χ1) is 6.47. The molecule has 2 atom stereocenters. The number of ether oxygens (including phenoxy) is 1. The summed E-state index contributed by atoms with van der Waals surface area (Å²) < 4.78 is 5.58. The monoisotopic (exact) mass is 199 g/mol. The molecular formula is C12H25NO. The van der Waals surface area contributed by atoms with Crippen LogP contribution in [0.3, 0.4) is 0 Å². The van der Waals surface area contributed by atoms with Gasteiger partial charge in [-0.3, -0.25) is 0 Å². The van der Waals surface area contributed by atoms with Crippen LogP contribution in [0, 0.1) is 5.41 Å². The Balaban J connectivity index is 2.12. The van der Waals surface area contributed by atoms with Crippen molar-refractivity contribution in [3.05, 3.63) is 0 Å². The Morgan fingerprint density at radius 2 is 2.14 bits per heavy atom. The highest BCUT2D eigenvalue weighted by Gasteiger charge is 2.20. The SMILES string of the molecule is CC(C)(C)CCC(N)CC1CCCO1. The van der Waals surface area contributed by atoms with Crippen LogP contribution in [-0.4, -0.2) is 18.8 Å². The molecule has 1 aliphatic heterocycles. The second-order valence-corrected chi connectivity index (χ2v) is 5.73. The Morgan fingerprint density at radius 1 is 1.43 bits per heavy atom. The van der Waals surface area contributed by atoms with E-state index >= 15 is 0 Å². The maximum atomic E-state index is 6.08. The minimum atomic E-state index is 0.331. The van der Waals surface area contributed by atoms with E-state index in [1.165, 1.54) is 19.3 Å². The standard InChI is InChI=1S/C12H25NO/c1-12(2,3)7-6-10(13)9-11-5-4-8-14-11/h10-11H,4-9,13H2,1-3H3. The molecule has 1 heterocycles. The van der Waals surface area contributed by atoms with Gasteiger partial charge in [0.1, 0.15) is 0 Å². The summed E-state index contributed by atoms with van der Waals surface area (Å²) in [5.74, 6) is 0. The molecule has 2 nitrogen and oxygen atoms in total. The minimum Gasteiger partial charge on any atom is -0.378 e. The van der Waals surface area contributed by atoms with Gasteiger partial charge in [0.2, 0.25) is 0 Å². The molecule has 1 rings (SSSR count). The second-order valence-electron chi connectivity index (χ2n) is 5.73. The van der Waals surface area contributed by atoms with Gasteiger partial charge in [-0.1, -0.05) is 20.8 Å². The topological polar surface area (TPSA) is 35.2 Å². The normalized spacial score (nSPS) is 25.3. The maximum absolute atomic E-state index is 6.08. The first-order valence-corrected chi connectivity index (χ1v) is 5.84. The molecule has 84 valence electrons. The van der Waals surface area contributed by atoms with E-state index in [2.05, 4.69) is 20.8 Å². The lowest BCUT2D eigenvalue weighted by Gasteiger charge is -2.22. The highest BCUT2D eigenvalue weighted by Crippen LogP contribution is 2.24. The van der Waals surface area contributed by atoms with Gasteiger partial charge in [0.05, 0.1) is 6.10 Å². The molecule has 0 aliphatic carbocycles. The summed E-state index contributed by atoms with van der Waals surface area (Å²) >= 11 is 0. The Labute approximate surface area is 88.2 Å². The largest absolute Gasteiger partial charge is 0.378 e. The lowest BCUT2D eigenvalue weighted by Crippen LogP contribution is -2.27. The summed E-state index contributed by atoms with van der Waals surface area (Å²) in [6, 6.07) is 0.331. The average Bonchev–Trinajstić information content (AvgIpc) is 2.52. The molecule has 0 aromatic heterocycles. The quantitative estimate of drug-likeness (QED) is 0.755. The number of hydrogen-bond donors (Lipinski definition) is 1. The Kier molecular flexibility index (Phi) is 4.39. The number of nitrogens with two attached hydrogens (primary N) is 1. The predicted molar refractivity (Wildman–Crippen MR) is 60.3 cm³/mol. The molecule has 2 heteroatoms. The van der Waals surface area contributed by atoms with E-state index in [1.807, 2.05) is 0 Å². The van der Waals surface area contributed by atoms with E-state index in [-0.39, 0.29) is 0 Å². The van der Waals surface area contributed by atoms with E-state index in [1.54, 1.807) is 0 Å². The van der Waals surface area contributed by atoms with Gasteiger partial charge in [-0.15, -0.1) is 0 Å². The van der Waals surface area contributed by atoms with E-state index in [4.69, 9.17) is 10.5 Å². The minimum absolute atomic E-state index is 0.331. The summed E-state index contributed by atoms with van der Waals surface area (Å²) in [4.78, 5) is 0. The van der Waals surface area contributed by atoms with Crippen LogP contribution in [0.15, 0.2) is 0 Å². The molecule has 0 aromatic rings. The first-order valence-electron chi connectivity index (χ1n) is 5.84. The predicted octanol–water partition coefficient (Wildman–Crippen LogP) is 2.71. The molecule has 1 aliphatic rings. The van der Waals surface area contributed by atoms with Gasteiger partial charge in [-0.05, 0) is 37.5 Å². The molecule has 0 saturated carbocycles. The second kappa shape index (κ2) is 5.13. The van der Waals surface area contributed by atoms with Gasteiger partial charge in [-0.2, -0.15) is 0 Å². The van der Waals surface area contributed by atoms with Crippen LogP contribution in [0.2, 0.25) is 0 Å². The van der Waals surface area contributed by atoms with E-state index < -0.39 is 0 Å². The maximum Gasteiger partial charge on any atom is 0.0590 e. The van der Waals surface area contributed by atoms with Crippen LogP contribution < -0.4 is 5.73 Å². The van der Waals surface area contributed by atoms with Gasteiger partial charge < -0.3 is 10.5 Å². The molecule has 2 unspecified atom stereocenters. The number of rotatable bonds is 4. The summed E-state index contributed by atoms with van der Waals surface area (Å²) in [5.41, 5.74) is 6.49. The van der Waals surface area contributed by atoms with Crippen molar-refractivity contribution in [2.45, 2.75) is 65.0 Å². The van der Waals surface area contributed by atoms with Crippen LogP contribution in [0.1, 0.15) is 52.9 Å². The molecule has 0 aromatic carbocycles. The summed E-state index contributed by atoms with van der Waals surface area (Å²) in [5, 5.41) is 0. The molecule has 0 amide bonds. The van der Waals surface area contributed by atoms with Gasteiger partial charge >= 0.3 is 0 Å². The first kappa shape index (κ1) is 12.0. The third-order valence-corrected chi connectivity index (χ3v) is 2.85. The van der Waals surface area contributed by atoms with Crippen molar-refractivity contribution >= 4 is 0 Å². The van der Waals surface area contributed by atoms with Crippen LogP contribution >= 0.6 is 0 Å². The van der Waals surface area contributed by atoms with Crippen LogP contribution in [0.4, 0.5) is 0 Å². The van der Waals surface area contributed by atoms with Crippen molar-refractivity contribution in [2.24, 2.45) is 11.1 Å². The van der Waals surface area contributed by atoms with Gasteiger partial charge in [-0.25, -0.2) is 0 Å². The Bertz CT molecular complexity index is 156. The fraction of sp³-hybridized carbons (Fsp3) is 1.00. The van der Waals surface area contributed by atoms with E-state index in [9.17, 15) is 0 Å². The lowest BCUT2D eigenvalue weighted by molar-refractivity contribution is 0.0963. The van der Waals surface area contributed by atoms with Crippen molar-refractivity contribution in [3.63, 3.8) is 0 Å². The average molecular weight is 199 g/mol. The van der Waals surface area contributed by atoms with Crippen LogP contribution in [-0.2, 0) is 4.74 Å². The third kappa shape index (κ3) is 4.97. The summed E-state index contributed by atoms with van der Waals surface area (Å²) in [6.45, 7) is 7.75. The highest BCUT2D eigenvalue weighted by atomic mass is 16.5. The lowest BCUT2D eigenvalue weighted by atomic mass is 9.88. The molecule has 0 bridgehead atoms. The van der Waals surface area contributed by atoms with Gasteiger partial charge in [0, 0.05) is 12.6 Å². The molecule has 0 radical (unpaired) electrons. The molecule has 2 N–H and O–H groups in total. The van der Waals surface area contributed by atoms with Gasteiger partial charge in [0.15, 0.2) is 0 Å². The highest BCUT2D eigenvalue weighted by molar-refractivity contribution is 4.74. The Hall–Kier alpha value is -0.0800. The zero-order valence-corrected chi connectivity index (χ0v) is 9.88. The zero-order valence-electron chi connectivity index (χ0n) is 9.88. The third-order valence-electron chi connectivity index (χ3n) is 2.85. The van der Waals surface area contributed by atoms with Gasteiger partial charge in [0.25, 0.3) is 0 Å². The summed E-state index contributed by atoms with van der Waals surface area (Å²) in [6.07, 6.45) is 6.27. The van der Waals surface area contributed by atoms with Crippen molar-refractivity contribution in [1.29, 1.82) is 0 Å². The van der Waals surface area contributed by atoms with Crippen molar-refractivity contribution in [3.8, 4) is 0 Å². The van der Waals surface area contributed by atoms with Crippen molar-refractivity contribution in [1.82, 2.24) is 0 Å².